The van der Waals surface area contributed by atoms with E-state index in [1.807, 2.05) is 12.1 Å². The Bertz CT molecular complexity index is 748. The van der Waals surface area contributed by atoms with Gasteiger partial charge in [-0.15, -0.1) is 0 Å². The van der Waals surface area contributed by atoms with Crippen molar-refractivity contribution in [2.75, 3.05) is 6.61 Å². The van der Waals surface area contributed by atoms with E-state index < -0.39 is 5.60 Å². The van der Waals surface area contributed by atoms with Crippen LogP contribution in [0.5, 0.6) is 5.75 Å². The maximum absolute atomic E-state index is 10.4. The van der Waals surface area contributed by atoms with Crippen LogP contribution in [-0.2, 0) is 6.42 Å². The minimum Gasteiger partial charge on any atom is -0.493 e. The lowest BCUT2D eigenvalue weighted by Crippen LogP contribution is -2.21. The van der Waals surface area contributed by atoms with E-state index >= 15 is 0 Å². The fourth-order valence-corrected chi connectivity index (χ4v) is 3.73. The molecule has 0 saturated heterocycles. The van der Waals surface area contributed by atoms with Gasteiger partial charge in [-0.05, 0) is 86.1 Å². The summed E-state index contributed by atoms with van der Waals surface area (Å²) in [6.07, 6.45) is 1.97. The average molecular weight is 340 g/mol. The Morgan fingerprint density at radius 2 is 1.84 bits per heavy atom. The van der Waals surface area contributed by atoms with Gasteiger partial charge in [-0.1, -0.05) is 18.2 Å². The minimum atomic E-state index is -0.717. The molecule has 0 spiro atoms. The monoisotopic (exact) mass is 340 g/mol. The number of hydrogen-bond acceptors (Lipinski definition) is 3. The Labute approximate surface area is 150 Å². The molecule has 1 aliphatic carbocycles. The Hall–Kier alpha value is -1.84. The summed E-state index contributed by atoms with van der Waals surface area (Å²) < 4.78 is 5.84. The van der Waals surface area contributed by atoms with Gasteiger partial charge in [0.15, 0.2) is 0 Å². The van der Waals surface area contributed by atoms with Gasteiger partial charge < -0.3 is 14.9 Å². The maximum Gasteiger partial charge on any atom is 0.119 e. The first-order valence-corrected chi connectivity index (χ1v) is 9.03. The Morgan fingerprint density at radius 1 is 1.16 bits per heavy atom. The number of aryl methyl sites for hydroxylation is 3. The third kappa shape index (κ3) is 3.88. The topological polar surface area (TPSA) is 49.7 Å². The largest absolute Gasteiger partial charge is 0.493 e. The van der Waals surface area contributed by atoms with Gasteiger partial charge in [0.1, 0.15) is 5.75 Å². The lowest BCUT2D eigenvalue weighted by molar-refractivity contribution is 0.0553. The van der Waals surface area contributed by atoms with E-state index in [2.05, 4.69) is 32.0 Å². The molecular weight excluding hydrogens is 312 g/mol. The average Bonchev–Trinajstić information content (AvgIpc) is 2.88. The van der Waals surface area contributed by atoms with Crippen molar-refractivity contribution >= 4 is 0 Å². The molecule has 3 rings (SSSR count). The van der Waals surface area contributed by atoms with Crippen molar-refractivity contribution in [3.63, 3.8) is 0 Å². The first-order valence-electron chi connectivity index (χ1n) is 9.03. The summed E-state index contributed by atoms with van der Waals surface area (Å²) in [5, 5.41) is 20.2. The van der Waals surface area contributed by atoms with Crippen LogP contribution in [0.15, 0.2) is 30.3 Å². The van der Waals surface area contributed by atoms with Crippen LogP contribution in [0.1, 0.15) is 55.0 Å². The van der Waals surface area contributed by atoms with Gasteiger partial charge in [0.05, 0.1) is 18.3 Å². The normalized spacial score (nSPS) is 16.8. The lowest BCUT2D eigenvalue weighted by Gasteiger charge is -2.19. The zero-order chi connectivity index (χ0) is 18.2. The summed E-state index contributed by atoms with van der Waals surface area (Å²) in [6, 6.07) is 10.4. The highest BCUT2D eigenvalue weighted by atomic mass is 16.5. The summed E-state index contributed by atoms with van der Waals surface area (Å²) in [6.45, 7) is 8.24. The highest BCUT2D eigenvalue weighted by Crippen LogP contribution is 2.41. The highest BCUT2D eigenvalue weighted by molar-refractivity contribution is 5.76. The van der Waals surface area contributed by atoms with E-state index in [9.17, 15) is 10.2 Å². The van der Waals surface area contributed by atoms with Crippen LogP contribution in [0.4, 0.5) is 0 Å². The van der Waals surface area contributed by atoms with Crippen LogP contribution in [0, 0.1) is 13.8 Å². The minimum absolute atomic E-state index is 0.368. The van der Waals surface area contributed by atoms with E-state index in [1.54, 1.807) is 13.8 Å². The summed E-state index contributed by atoms with van der Waals surface area (Å²) in [4.78, 5) is 0. The Kier molecular flexibility index (Phi) is 4.90. The van der Waals surface area contributed by atoms with E-state index in [-0.39, 0.29) is 6.10 Å². The standard InChI is InChI=1S/C22H28O3/c1-14-12-17(25-11-10-22(3,4)24)13-15(2)20(14)18-7-5-6-16-8-9-19(23)21(16)18/h5-7,12-13,19,23-24H,8-11H2,1-4H3/t19-/m0/s1. The van der Waals surface area contributed by atoms with Crippen molar-refractivity contribution in [1.29, 1.82) is 0 Å². The molecule has 0 amide bonds. The summed E-state index contributed by atoms with van der Waals surface area (Å²) in [7, 11) is 0. The molecule has 0 aromatic heterocycles. The third-order valence-electron chi connectivity index (χ3n) is 4.97. The molecule has 2 aromatic carbocycles. The van der Waals surface area contributed by atoms with Crippen molar-refractivity contribution in [1.82, 2.24) is 0 Å². The van der Waals surface area contributed by atoms with Crippen LogP contribution in [0.25, 0.3) is 11.1 Å². The first-order chi connectivity index (χ1) is 11.8. The number of aliphatic hydroxyl groups is 2. The number of hydrogen-bond donors (Lipinski definition) is 2. The SMILES string of the molecule is Cc1cc(OCCC(C)(C)O)cc(C)c1-c1cccc2c1[C@@H](O)CC2. The fraction of sp³-hybridized carbons (Fsp3) is 0.455. The molecule has 0 bridgehead atoms. The lowest BCUT2D eigenvalue weighted by atomic mass is 9.90. The van der Waals surface area contributed by atoms with Crippen molar-refractivity contribution in [2.45, 2.75) is 58.7 Å². The molecule has 3 heteroatoms. The smallest absolute Gasteiger partial charge is 0.119 e. The Morgan fingerprint density at radius 3 is 2.48 bits per heavy atom. The van der Waals surface area contributed by atoms with E-state index in [0.29, 0.717) is 13.0 Å². The zero-order valence-corrected chi connectivity index (χ0v) is 15.6. The third-order valence-corrected chi connectivity index (χ3v) is 4.97. The van der Waals surface area contributed by atoms with Crippen LogP contribution in [-0.4, -0.2) is 22.4 Å². The predicted octanol–water partition coefficient (Wildman–Crippen LogP) is 4.49. The first kappa shape index (κ1) is 18.0. The van der Waals surface area contributed by atoms with Gasteiger partial charge in [-0.3, -0.25) is 0 Å². The molecule has 0 heterocycles. The summed E-state index contributed by atoms with van der Waals surface area (Å²) >= 11 is 0. The van der Waals surface area contributed by atoms with E-state index in [1.165, 1.54) is 11.1 Å². The molecule has 0 unspecified atom stereocenters. The fourth-order valence-electron chi connectivity index (χ4n) is 3.73. The van der Waals surface area contributed by atoms with Crippen molar-refractivity contribution in [2.24, 2.45) is 0 Å². The molecule has 2 N–H and O–H groups in total. The van der Waals surface area contributed by atoms with Gasteiger partial charge >= 0.3 is 0 Å². The summed E-state index contributed by atoms with van der Waals surface area (Å²) in [5.41, 5.74) is 6.24. The van der Waals surface area contributed by atoms with Crippen LogP contribution >= 0.6 is 0 Å². The molecule has 0 saturated carbocycles. The van der Waals surface area contributed by atoms with Gasteiger partial charge in [0.2, 0.25) is 0 Å². The van der Waals surface area contributed by atoms with Crippen LogP contribution in [0.3, 0.4) is 0 Å². The molecule has 0 aliphatic heterocycles. The highest BCUT2D eigenvalue weighted by Gasteiger charge is 2.25. The van der Waals surface area contributed by atoms with Gasteiger partial charge in [0.25, 0.3) is 0 Å². The van der Waals surface area contributed by atoms with Crippen molar-refractivity contribution in [3.8, 4) is 16.9 Å². The molecule has 2 aromatic rings. The van der Waals surface area contributed by atoms with Gasteiger partial charge in [-0.2, -0.15) is 0 Å². The van der Waals surface area contributed by atoms with Crippen LogP contribution < -0.4 is 4.74 Å². The number of ether oxygens (including phenoxy) is 1. The summed E-state index contributed by atoms with van der Waals surface area (Å²) in [5.74, 6) is 0.830. The number of fused-ring (bicyclic) bond motifs is 1. The molecule has 1 atom stereocenters. The zero-order valence-electron chi connectivity index (χ0n) is 15.6. The molecule has 0 fully saturated rings. The molecular formula is C22H28O3. The Balaban J connectivity index is 1.91. The number of benzene rings is 2. The van der Waals surface area contributed by atoms with Crippen molar-refractivity contribution < 1.29 is 14.9 Å². The number of rotatable bonds is 5. The molecule has 0 radical (unpaired) electrons. The van der Waals surface area contributed by atoms with Crippen LogP contribution in [0.2, 0.25) is 0 Å². The second-order valence-corrected chi connectivity index (χ2v) is 7.78. The quantitative estimate of drug-likeness (QED) is 0.843. The second kappa shape index (κ2) is 6.81. The van der Waals surface area contributed by atoms with E-state index in [4.69, 9.17) is 4.74 Å². The van der Waals surface area contributed by atoms with Crippen molar-refractivity contribution in [3.05, 3.63) is 52.6 Å². The van der Waals surface area contributed by atoms with E-state index in [0.717, 1.165) is 40.8 Å². The molecule has 25 heavy (non-hydrogen) atoms. The van der Waals surface area contributed by atoms with Gasteiger partial charge in [0, 0.05) is 6.42 Å². The maximum atomic E-state index is 10.4. The number of aliphatic hydroxyl groups excluding tert-OH is 1. The molecule has 134 valence electrons. The van der Waals surface area contributed by atoms with Gasteiger partial charge in [-0.25, -0.2) is 0 Å². The molecule has 1 aliphatic rings. The second-order valence-electron chi connectivity index (χ2n) is 7.78. The predicted molar refractivity (Wildman–Crippen MR) is 101 cm³/mol. The molecule has 3 nitrogen and oxygen atoms in total.